The Kier molecular flexibility index (Phi) is 5.71. The number of rotatable bonds is 7. The molecular weight excluding hydrogens is 400 g/mol. The molecule has 132 valence electrons. The van der Waals surface area contributed by atoms with Gasteiger partial charge in [0.05, 0.1) is 22.4 Å². The summed E-state index contributed by atoms with van der Waals surface area (Å²) in [7, 11) is 0. The van der Waals surface area contributed by atoms with E-state index in [1.807, 2.05) is 24.3 Å². The van der Waals surface area contributed by atoms with E-state index in [4.69, 9.17) is 9.72 Å². The highest BCUT2D eigenvalue weighted by Crippen LogP contribution is 2.42. The van der Waals surface area contributed by atoms with E-state index in [-0.39, 0.29) is 0 Å². The van der Waals surface area contributed by atoms with Gasteiger partial charge in [-0.2, -0.15) is 0 Å². The lowest BCUT2D eigenvalue weighted by molar-refractivity contribution is 0.0661. The van der Waals surface area contributed by atoms with Crippen LogP contribution in [0.25, 0.3) is 10.2 Å². The number of fused-ring (bicyclic) bond motifs is 1. The third-order valence-corrected chi connectivity index (χ3v) is 5.67. The van der Waals surface area contributed by atoms with Gasteiger partial charge in [-0.15, -0.1) is 11.3 Å². The minimum absolute atomic E-state index is 0.558. The van der Waals surface area contributed by atoms with Gasteiger partial charge in [-0.25, -0.2) is 4.98 Å². The van der Waals surface area contributed by atoms with E-state index in [1.54, 1.807) is 12.4 Å². The Bertz CT molecular complexity index is 868. The van der Waals surface area contributed by atoms with Crippen molar-refractivity contribution in [1.82, 2.24) is 9.97 Å². The molecule has 3 rings (SSSR count). The topological polar surface area (TPSA) is 55.2 Å². The molecule has 4 nitrogen and oxygen atoms in total. The molecule has 3 aromatic rings. The number of hydrogen-bond acceptors (Lipinski definition) is 5. The Morgan fingerprint density at radius 2 is 2.08 bits per heavy atom. The molecule has 0 fully saturated rings. The quantitative estimate of drug-likeness (QED) is 0.564. The fourth-order valence-electron chi connectivity index (χ4n) is 2.82. The normalized spacial score (nSPS) is 13.8. The second kappa shape index (κ2) is 7.81. The lowest BCUT2D eigenvalue weighted by atomic mass is 9.90. The van der Waals surface area contributed by atoms with Crippen molar-refractivity contribution in [2.75, 3.05) is 6.61 Å². The van der Waals surface area contributed by atoms with Gasteiger partial charge >= 0.3 is 0 Å². The van der Waals surface area contributed by atoms with Gasteiger partial charge < -0.3 is 9.84 Å². The average Bonchev–Trinajstić information content (AvgIpc) is 3.04. The molecule has 0 unspecified atom stereocenters. The number of hydrogen-bond donors (Lipinski definition) is 1. The van der Waals surface area contributed by atoms with Crippen molar-refractivity contribution in [2.45, 2.75) is 38.7 Å². The molecule has 0 saturated heterocycles. The molecule has 0 spiro atoms. The molecule has 6 heteroatoms. The van der Waals surface area contributed by atoms with Gasteiger partial charge in [-0.1, -0.05) is 36.2 Å². The van der Waals surface area contributed by atoms with E-state index in [0.29, 0.717) is 29.3 Å². The third kappa shape index (κ3) is 3.71. The van der Waals surface area contributed by atoms with Crippen molar-refractivity contribution < 1.29 is 9.84 Å². The summed E-state index contributed by atoms with van der Waals surface area (Å²) in [6, 6.07) is 7.77. The highest BCUT2D eigenvalue weighted by Gasteiger charge is 2.37. The maximum atomic E-state index is 11.6. The largest absolute Gasteiger partial charge is 0.493 e. The zero-order chi connectivity index (χ0) is 17.9. The van der Waals surface area contributed by atoms with Crippen molar-refractivity contribution >= 4 is 37.5 Å². The van der Waals surface area contributed by atoms with E-state index < -0.39 is 5.60 Å². The van der Waals surface area contributed by atoms with Crippen LogP contribution in [0.1, 0.15) is 43.7 Å². The molecule has 0 saturated carbocycles. The van der Waals surface area contributed by atoms with Crippen LogP contribution in [0.2, 0.25) is 0 Å². The Morgan fingerprint density at radius 1 is 1.24 bits per heavy atom. The number of ether oxygens (including phenoxy) is 1. The lowest BCUT2D eigenvalue weighted by Gasteiger charge is -2.27. The van der Waals surface area contributed by atoms with Crippen LogP contribution in [0.15, 0.2) is 41.1 Å². The first kappa shape index (κ1) is 18.3. The monoisotopic (exact) mass is 420 g/mol. The van der Waals surface area contributed by atoms with Crippen LogP contribution in [0.4, 0.5) is 0 Å². The van der Waals surface area contributed by atoms with E-state index in [0.717, 1.165) is 27.5 Å². The summed E-state index contributed by atoms with van der Waals surface area (Å²) in [5, 5.41) is 12.3. The summed E-state index contributed by atoms with van der Waals surface area (Å²) in [6.07, 6.45) is 5.67. The van der Waals surface area contributed by atoms with Crippen molar-refractivity contribution in [3.05, 3.63) is 51.7 Å². The molecule has 0 aliphatic carbocycles. The van der Waals surface area contributed by atoms with Crippen LogP contribution in [0.5, 0.6) is 5.75 Å². The molecule has 0 aliphatic heterocycles. The van der Waals surface area contributed by atoms with E-state index in [2.05, 4.69) is 34.8 Å². The minimum atomic E-state index is -1.21. The Hall–Kier alpha value is -1.50. The zero-order valence-electron chi connectivity index (χ0n) is 14.3. The summed E-state index contributed by atoms with van der Waals surface area (Å²) in [4.78, 5) is 8.93. The van der Waals surface area contributed by atoms with Crippen molar-refractivity contribution in [1.29, 1.82) is 0 Å². The lowest BCUT2D eigenvalue weighted by Crippen LogP contribution is -2.28. The summed E-state index contributed by atoms with van der Waals surface area (Å²) in [6.45, 7) is 4.72. The summed E-state index contributed by atoms with van der Waals surface area (Å²) in [5.74, 6) is 0.674. The molecule has 0 radical (unpaired) electrons. The zero-order valence-corrected chi connectivity index (χ0v) is 16.7. The molecule has 1 N–H and O–H groups in total. The molecule has 1 atom stereocenters. The van der Waals surface area contributed by atoms with Gasteiger partial charge in [0.2, 0.25) is 0 Å². The predicted molar refractivity (Wildman–Crippen MR) is 105 cm³/mol. The van der Waals surface area contributed by atoms with Gasteiger partial charge in [0.15, 0.2) is 0 Å². The van der Waals surface area contributed by atoms with Crippen LogP contribution < -0.4 is 4.74 Å². The predicted octanol–water partition coefficient (Wildman–Crippen LogP) is 5.28. The van der Waals surface area contributed by atoms with E-state index in [1.165, 1.54) is 11.3 Å². The number of aromatic nitrogens is 2. The second-order valence-electron chi connectivity index (χ2n) is 5.96. The maximum Gasteiger partial charge on any atom is 0.146 e. The number of pyridine rings is 1. The highest BCUT2D eigenvalue weighted by molar-refractivity contribution is 9.10. The standard InChI is InChI=1S/C19H21BrN2O2S/c1-3-8-19(23,14-12-21-9-7-16(14)24-10-4-2)18-22-15-6-5-13(20)11-17(15)25-18/h5-7,9,11-12,23H,3-4,8,10H2,1-2H3/t19-/m0/s1. The molecule has 0 bridgehead atoms. The van der Waals surface area contributed by atoms with Crippen molar-refractivity contribution in [3.8, 4) is 5.75 Å². The molecule has 25 heavy (non-hydrogen) atoms. The van der Waals surface area contributed by atoms with Crippen molar-refractivity contribution in [2.24, 2.45) is 0 Å². The van der Waals surface area contributed by atoms with Gasteiger partial charge in [0.1, 0.15) is 16.4 Å². The van der Waals surface area contributed by atoms with Gasteiger partial charge in [-0.3, -0.25) is 4.98 Å². The Balaban J connectivity index is 2.12. The summed E-state index contributed by atoms with van der Waals surface area (Å²) >= 11 is 5.01. The second-order valence-corrected chi connectivity index (χ2v) is 7.91. The van der Waals surface area contributed by atoms with Crippen LogP contribution in [0, 0.1) is 0 Å². The first-order chi connectivity index (χ1) is 12.1. The fourth-order valence-corrected chi connectivity index (χ4v) is 4.47. The van der Waals surface area contributed by atoms with Crippen LogP contribution in [-0.4, -0.2) is 21.7 Å². The van der Waals surface area contributed by atoms with Gasteiger partial charge in [-0.05, 0) is 37.1 Å². The number of halogens is 1. The Labute approximate surface area is 160 Å². The van der Waals surface area contributed by atoms with Gasteiger partial charge in [0, 0.05) is 16.9 Å². The SMILES string of the molecule is CCCOc1ccncc1[C@@](O)(CCC)c1nc2ccc(Br)cc2s1. The number of aliphatic hydroxyl groups is 1. The van der Waals surface area contributed by atoms with E-state index in [9.17, 15) is 5.11 Å². The molecule has 2 aromatic heterocycles. The number of nitrogens with zero attached hydrogens (tertiary/aromatic N) is 2. The number of benzene rings is 1. The summed E-state index contributed by atoms with van der Waals surface area (Å²) in [5.41, 5.74) is 0.364. The van der Waals surface area contributed by atoms with Crippen molar-refractivity contribution in [3.63, 3.8) is 0 Å². The number of thiazole rings is 1. The smallest absolute Gasteiger partial charge is 0.146 e. The molecule has 0 aliphatic rings. The molecule has 0 amide bonds. The molecule has 2 heterocycles. The van der Waals surface area contributed by atoms with Gasteiger partial charge in [0.25, 0.3) is 0 Å². The van der Waals surface area contributed by atoms with Crippen LogP contribution >= 0.6 is 27.3 Å². The molecule has 1 aromatic carbocycles. The summed E-state index contributed by atoms with van der Waals surface area (Å²) < 4.78 is 7.91. The highest BCUT2D eigenvalue weighted by atomic mass is 79.9. The Morgan fingerprint density at radius 3 is 2.84 bits per heavy atom. The molecular formula is C19H21BrN2O2S. The average molecular weight is 421 g/mol. The fraction of sp³-hybridized carbons (Fsp3) is 0.368. The maximum absolute atomic E-state index is 11.6. The van der Waals surface area contributed by atoms with Crippen LogP contribution in [-0.2, 0) is 5.60 Å². The first-order valence-electron chi connectivity index (χ1n) is 8.44. The first-order valence-corrected chi connectivity index (χ1v) is 10.1. The van der Waals surface area contributed by atoms with Crippen LogP contribution in [0.3, 0.4) is 0 Å². The van der Waals surface area contributed by atoms with E-state index >= 15 is 0 Å². The minimum Gasteiger partial charge on any atom is -0.493 e. The third-order valence-electron chi connectivity index (χ3n) is 4.00.